The topological polar surface area (TPSA) is 100.0 Å². The van der Waals surface area contributed by atoms with Crippen molar-refractivity contribution in [2.45, 2.75) is 25.5 Å². The fraction of sp³-hybridized carbons (Fsp3) is 0.312. The van der Waals surface area contributed by atoms with E-state index in [1.807, 2.05) is 26.0 Å². The summed E-state index contributed by atoms with van der Waals surface area (Å²) in [4.78, 5) is 35.5. The average molecular weight is 376 g/mol. The fourth-order valence-electron chi connectivity index (χ4n) is 2.26. The SMILES string of the molecule is Cc1ccc(C(=O)C[C@H]2S/C(=N/N=C3\NC(=O)CS3)NC2=O)cc1C. The maximum absolute atomic E-state index is 12.4. The molecule has 2 heterocycles. The highest BCUT2D eigenvalue weighted by atomic mass is 32.2. The smallest absolute Gasteiger partial charge is 0.240 e. The zero-order chi connectivity index (χ0) is 18.0. The standard InChI is InChI=1S/C16H16N4O3S2/c1-8-3-4-10(5-9(8)2)11(21)6-12-14(23)18-16(25-12)20-19-15-17-13(22)7-24-15/h3-5,12H,6-7H2,1-2H3,(H,17,19,22)(H,18,20,23)/t12-/m1/s1. The normalized spacial score (nSPS) is 23.2. The highest BCUT2D eigenvalue weighted by Crippen LogP contribution is 2.25. The Hall–Kier alpha value is -2.13. The molecule has 1 aromatic rings. The van der Waals surface area contributed by atoms with Gasteiger partial charge in [-0.1, -0.05) is 35.7 Å². The summed E-state index contributed by atoms with van der Waals surface area (Å²) in [7, 11) is 0. The highest BCUT2D eigenvalue weighted by molar-refractivity contribution is 8.15. The Bertz CT molecular complexity index is 820. The molecule has 2 fully saturated rings. The van der Waals surface area contributed by atoms with E-state index in [0.29, 0.717) is 21.7 Å². The largest absolute Gasteiger partial charge is 0.303 e. The van der Waals surface area contributed by atoms with Crippen molar-refractivity contribution in [3.8, 4) is 0 Å². The summed E-state index contributed by atoms with van der Waals surface area (Å²) in [6.07, 6.45) is 0.0973. The first-order valence-corrected chi connectivity index (χ1v) is 9.45. The van der Waals surface area contributed by atoms with Gasteiger partial charge < -0.3 is 10.6 Å². The van der Waals surface area contributed by atoms with E-state index in [9.17, 15) is 14.4 Å². The molecule has 0 aromatic heterocycles. The summed E-state index contributed by atoms with van der Waals surface area (Å²) >= 11 is 2.42. The molecule has 2 saturated heterocycles. The van der Waals surface area contributed by atoms with Gasteiger partial charge in [0.1, 0.15) is 0 Å². The number of hydrogen-bond donors (Lipinski definition) is 2. The number of ketones is 1. The molecule has 0 bridgehead atoms. The molecular weight excluding hydrogens is 360 g/mol. The number of aryl methyl sites for hydroxylation is 2. The highest BCUT2D eigenvalue weighted by Gasteiger charge is 2.32. The lowest BCUT2D eigenvalue weighted by atomic mass is 10.0. The monoisotopic (exact) mass is 376 g/mol. The molecule has 2 N–H and O–H groups in total. The van der Waals surface area contributed by atoms with Crippen LogP contribution in [0, 0.1) is 13.8 Å². The summed E-state index contributed by atoms with van der Waals surface area (Å²) in [5.41, 5.74) is 2.77. The number of hydrogen-bond acceptors (Lipinski definition) is 7. The third-order valence-electron chi connectivity index (χ3n) is 3.79. The van der Waals surface area contributed by atoms with E-state index < -0.39 is 5.25 Å². The Morgan fingerprint density at radius 1 is 1.16 bits per heavy atom. The number of Topliss-reactive ketones (excluding diaryl/α,β-unsaturated/α-hetero) is 1. The van der Waals surface area contributed by atoms with Crippen molar-refractivity contribution >= 4 is 51.5 Å². The van der Waals surface area contributed by atoms with Crippen molar-refractivity contribution in [3.63, 3.8) is 0 Å². The van der Waals surface area contributed by atoms with Crippen LogP contribution in [0.1, 0.15) is 27.9 Å². The molecule has 0 radical (unpaired) electrons. The van der Waals surface area contributed by atoms with Crippen LogP contribution in [0.25, 0.3) is 0 Å². The zero-order valence-corrected chi connectivity index (χ0v) is 15.3. The lowest BCUT2D eigenvalue weighted by Crippen LogP contribution is -2.26. The van der Waals surface area contributed by atoms with Gasteiger partial charge in [-0.3, -0.25) is 14.4 Å². The predicted molar refractivity (Wildman–Crippen MR) is 99.9 cm³/mol. The maximum atomic E-state index is 12.4. The van der Waals surface area contributed by atoms with Crippen LogP contribution in [0.3, 0.4) is 0 Å². The fourth-order valence-corrected chi connectivity index (χ4v) is 3.80. The van der Waals surface area contributed by atoms with Gasteiger partial charge >= 0.3 is 0 Å². The molecule has 0 unspecified atom stereocenters. The van der Waals surface area contributed by atoms with E-state index >= 15 is 0 Å². The van der Waals surface area contributed by atoms with Crippen molar-refractivity contribution in [1.29, 1.82) is 0 Å². The third kappa shape index (κ3) is 4.29. The number of amidine groups is 2. The van der Waals surface area contributed by atoms with E-state index in [1.165, 1.54) is 23.5 Å². The molecule has 25 heavy (non-hydrogen) atoms. The van der Waals surface area contributed by atoms with Gasteiger partial charge in [-0.25, -0.2) is 0 Å². The summed E-state index contributed by atoms with van der Waals surface area (Å²) in [6, 6.07) is 5.53. The minimum absolute atomic E-state index is 0.0816. The molecule has 3 rings (SSSR count). The van der Waals surface area contributed by atoms with Gasteiger partial charge in [-0.05, 0) is 31.0 Å². The molecule has 0 spiro atoms. The number of benzene rings is 1. The molecule has 2 aliphatic rings. The van der Waals surface area contributed by atoms with Crippen molar-refractivity contribution in [2.75, 3.05) is 5.75 Å². The van der Waals surface area contributed by atoms with Gasteiger partial charge in [0.25, 0.3) is 0 Å². The van der Waals surface area contributed by atoms with Crippen molar-refractivity contribution in [3.05, 3.63) is 34.9 Å². The first-order valence-electron chi connectivity index (χ1n) is 7.58. The second-order valence-electron chi connectivity index (χ2n) is 5.67. The Balaban J connectivity index is 1.63. The Kier molecular flexibility index (Phi) is 5.24. The van der Waals surface area contributed by atoms with Crippen LogP contribution in [0.5, 0.6) is 0 Å². The number of nitrogens with zero attached hydrogens (tertiary/aromatic N) is 2. The molecule has 0 saturated carbocycles. The maximum Gasteiger partial charge on any atom is 0.240 e. The second-order valence-corrected chi connectivity index (χ2v) is 7.82. The zero-order valence-electron chi connectivity index (χ0n) is 13.7. The number of nitrogens with one attached hydrogen (secondary N) is 2. The molecule has 1 aromatic carbocycles. The number of rotatable bonds is 4. The van der Waals surface area contributed by atoms with Gasteiger partial charge in [0, 0.05) is 12.0 Å². The number of thioether (sulfide) groups is 2. The van der Waals surface area contributed by atoms with Gasteiger partial charge in [-0.15, -0.1) is 10.2 Å². The van der Waals surface area contributed by atoms with Crippen LogP contribution in [-0.2, 0) is 9.59 Å². The minimum Gasteiger partial charge on any atom is -0.303 e. The van der Waals surface area contributed by atoms with Crippen molar-refractivity contribution in [1.82, 2.24) is 10.6 Å². The lowest BCUT2D eigenvalue weighted by molar-refractivity contribution is -0.119. The first kappa shape index (κ1) is 17.7. The van der Waals surface area contributed by atoms with E-state index in [2.05, 4.69) is 20.8 Å². The van der Waals surface area contributed by atoms with Gasteiger partial charge in [0.15, 0.2) is 16.1 Å². The van der Waals surface area contributed by atoms with Crippen LogP contribution in [0.2, 0.25) is 0 Å². The van der Waals surface area contributed by atoms with Crippen LogP contribution in [0.15, 0.2) is 28.4 Å². The quantitative estimate of drug-likeness (QED) is 0.614. The summed E-state index contributed by atoms with van der Waals surface area (Å²) in [5, 5.41) is 13.2. The van der Waals surface area contributed by atoms with Crippen molar-refractivity contribution < 1.29 is 14.4 Å². The molecule has 0 aliphatic carbocycles. The number of carbonyl (C=O) groups is 3. The van der Waals surface area contributed by atoms with Gasteiger partial charge in [0.05, 0.1) is 11.0 Å². The number of amides is 2. The summed E-state index contributed by atoms with van der Waals surface area (Å²) < 4.78 is 0. The van der Waals surface area contributed by atoms with Crippen LogP contribution in [-0.4, -0.2) is 38.9 Å². The molecule has 130 valence electrons. The molecule has 2 aliphatic heterocycles. The van der Waals surface area contributed by atoms with E-state index in [1.54, 1.807) is 6.07 Å². The average Bonchev–Trinajstić information content (AvgIpc) is 3.14. The van der Waals surface area contributed by atoms with E-state index in [0.717, 1.165) is 11.1 Å². The Morgan fingerprint density at radius 3 is 2.60 bits per heavy atom. The molecular formula is C16H16N4O3S2. The van der Waals surface area contributed by atoms with Gasteiger partial charge in [-0.2, -0.15) is 0 Å². The lowest BCUT2D eigenvalue weighted by Gasteiger charge is -2.06. The number of carbonyl (C=O) groups excluding carboxylic acids is 3. The Labute approximate surface area is 153 Å². The second kappa shape index (κ2) is 7.40. The van der Waals surface area contributed by atoms with Crippen molar-refractivity contribution in [2.24, 2.45) is 10.2 Å². The Morgan fingerprint density at radius 2 is 1.92 bits per heavy atom. The van der Waals surface area contributed by atoms with Crippen LogP contribution >= 0.6 is 23.5 Å². The molecule has 9 heteroatoms. The van der Waals surface area contributed by atoms with Crippen LogP contribution < -0.4 is 10.6 Å². The van der Waals surface area contributed by atoms with Crippen LogP contribution in [0.4, 0.5) is 0 Å². The minimum atomic E-state index is -0.529. The molecule has 2 amide bonds. The van der Waals surface area contributed by atoms with E-state index in [-0.39, 0.29) is 24.0 Å². The summed E-state index contributed by atoms with van der Waals surface area (Å²) in [6.45, 7) is 3.94. The predicted octanol–water partition coefficient (Wildman–Crippen LogP) is 1.60. The third-order valence-corrected chi connectivity index (χ3v) is 5.73. The first-order chi connectivity index (χ1) is 11.9. The van der Waals surface area contributed by atoms with E-state index in [4.69, 9.17) is 0 Å². The molecule has 7 nitrogen and oxygen atoms in total. The molecule has 1 atom stereocenters. The summed E-state index contributed by atoms with van der Waals surface area (Å²) in [5.74, 6) is -0.147. The van der Waals surface area contributed by atoms with Gasteiger partial charge in [0.2, 0.25) is 11.8 Å².